The molecule has 0 bridgehead atoms. The standard InChI is InChI=1S/C32H30/c1-21(2)23-13-5-7-15-25(23)31-27-17-9-11-19-29(27)32(30-20-12-10-18-28(30)31)26-16-8-6-14-24(26)22(3)4/h5-22H,1-4H3. The van der Waals surface area contributed by atoms with Crippen molar-refractivity contribution in [2.24, 2.45) is 0 Å². The van der Waals surface area contributed by atoms with Crippen LogP contribution in [-0.4, -0.2) is 0 Å². The first-order chi connectivity index (χ1) is 15.6. The fourth-order valence-electron chi connectivity index (χ4n) is 5.17. The maximum absolute atomic E-state index is 2.30. The molecular formula is C32H30. The molecule has 5 aromatic carbocycles. The molecule has 0 aliphatic carbocycles. The van der Waals surface area contributed by atoms with Crippen LogP contribution in [0.3, 0.4) is 0 Å². The zero-order chi connectivity index (χ0) is 22.2. The molecule has 0 unspecified atom stereocenters. The first-order valence-electron chi connectivity index (χ1n) is 11.7. The van der Waals surface area contributed by atoms with Gasteiger partial charge < -0.3 is 0 Å². The summed E-state index contributed by atoms with van der Waals surface area (Å²) < 4.78 is 0. The summed E-state index contributed by atoms with van der Waals surface area (Å²) in [4.78, 5) is 0. The molecule has 0 saturated heterocycles. The Bertz CT molecular complexity index is 1250. The van der Waals surface area contributed by atoms with Crippen molar-refractivity contribution in [3.63, 3.8) is 0 Å². The van der Waals surface area contributed by atoms with E-state index in [1.807, 2.05) is 0 Å². The molecule has 0 heterocycles. The van der Waals surface area contributed by atoms with E-state index in [9.17, 15) is 0 Å². The molecule has 0 aliphatic heterocycles. The Kier molecular flexibility index (Phi) is 5.31. The third-order valence-corrected chi connectivity index (χ3v) is 6.64. The number of rotatable bonds is 4. The minimum Gasteiger partial charge on any atom is -0.0619 e. The van der Waals surface area contributed by atoms with Crippen LogP contribution < -0.4 is 0 Å². The molecule has 0 aliphatic rings. The van der Waals surface area contributed by atoms with E-state index < -0.39 is 0 Å². The number of hydrogen-bond acceptors (Lipinski definition) is 0. The van der Waals surface area contributed by atoms with Gasteiger partial charge in [0.05, 0.1) is 0 Å². The summed E-state index contributed by atoms with van der Waals surface area (Å²) in [6.45, 7) is 9.15. The average Bonchev–Trinajstić information content (AvgIpc) is 2.82. The molecule has 0 spiro atoms. The van der Waals surface area contributed by atoms with Crippen LogP contribution in [0.1, 0.15) is 50.7 Å². The Hall–Kier alpha value is -3.38. The minimum atomic E-state index is 0.463. The monoisotopic (exact) mass is 414 g/mol. The fraction of sp³-hybridized carbons (Fsp3) is 0.188. The molecule has 0 amide bonds. The van der Waals surface area contributed by atoms with Crippen LogP contribution in [0.5, 0.6) is 0 Å². The van der Waals surface area contributed by atoms with Gasteiger partial charge in [-0.3, -0.25) is 0 Å². The van der Waals surface area contributed by atoms with E-state index in [1.54, 1.807) is 0 Å². The smallest absolute Gasteiger partial charge is 0.00235 e. The summed E-state index contributed by atoms with van der Waals surface area (Å²) in [7, 11) is 0. The van der Waals surface area contributed by atoms with Crippen LogP contribution in [-0.2, 0) is 0 Å². The molecule has 0 aromatic heterocycles. The number of fused-ring (bicyclic) bond motifs is 2. The third-order valence-electron chi connectivity index (χ3n) is 6.64. The van der Waals surface area contributed by atoms with Crippen molar-refractivity contribution in [2.45, 2.75) is 39.5 Å². The Morgan fingerprint density at radius 2 is 0.656 bits per heavy atom. The molecule has 0 atom stereocenters. The molecule has 5 aromatic rings. The molecule has 0 radical (unpaired) electrons. The highest BCUT2D eigenvalue weighted by Crippen LogP contribution is 2.46. The Labute approximate surface area is 191 Å². The second-order valence-electron chi connectivity index (χ2n) is 9.33. The van der Waals surface area contributed by atoms with E-state index >= 15 is 0 Å². The Morgan fingerprint density at radius 1 is 0.375 bits per heavy atom. The van der Waals surface area contributed by atoms with Crippen molar-refractivity contribution in [3.8, 4) is 22.3 Å². The molecule has 158 valence electrons. The number of hydrogen-bond donors (Lipinski definition) is 0. The van der Waals surface area contributed by atoms with Crippen molar-refractivity contribution in [3.05, 3.63) is 108 Å². The van der Waals surface area contributed by atoms with E-state index in [-0.39, 0.29) is 0 Å². The number of benzene rings is 5. The molecule has 5 rings (SSSR count). The Balaban J connectivity index is 2.00. The summed E-state index contributed by atoms with van der Waals surface area (Å²) >= 11 is 0. The van der Waals surface area contributed by atoms with Gasteiger partial charge in [0.15, 0.2) is 0 Å². The summed E-state index contributed by atoms with van der Waals surface area (Å²) in [5.74, 6) is 0.926. The van der Waals surface area contributed by atoms with Gasteiger partial charge in [-0.2, -0.15) is 0 Å². The van der Waals surface area contributed by atoms with E-state index in [4.69, 9.17) is 0 Å². The molecule has 0 N–H and O–H groups in total. The first kappa shape index (κ1) is 20.5. The summed E-state index contributed by atoms with van der Waals surface area (Å²) in [6.07, 6.45) is 0. The summed E-state index contributed by atoms with van der Waals surface area (Å²) in [5, 5.41) is 5.31. The van der Waals surface area contributed by atoms with Crippen LogP contribution in [0.4, 0.5) is 0 Å². The lowest BCUT2D eigenvalue weighted by Crippen LogP contribution is -1.97. The van der Waals surface area contributed by atoms with Gasteiger partial charge in [0.2, 0.25) is 0 Å². The van der Waals surface area contributed by atoms with E-state index in [0.717, 1.165) is 0 Å². The molecular weight excluding hydrogens is 384 g/mol. The van der Waals surface area contributed by atoms with Crippen molar-refractivity contribution < 1.29 is 0 Å². The van der Waals surface area contributed by atoms with Crippen LogP contribution in [0.15, 0.2) is 97.1 Å². The zero-order valence-corrected chi connectivity index (χ0v) is 19.4. The topological polar surface area (TPSA) is 0 Å². The first-order valence-corrected chi connectivity index (χ1v) is 11.7. The van der Waals surface area contributed by atoms with Gasteiger partial charge in [-0.05, 0) is 66.8 Å². The molecule has 0 fully saturated rings. The van der Waals surface area contributed by atoms with Crippen LogP contribution in [0.2, 0.25) is 0 Å². The van der Waals surface area contributed by atoms with Gasteiger partial charge in [-0.25, -0.2) is 0 Å². The maximum atomic E-state index is 2.30. The lowest BCUT2D eigenvalue weighted by atomic mass is 9.81. The normalized spacial score (nSPS) is 11.7. The second-order valence-corrected chi connectivity index (χ2v) is 9.33. The SMILES string of the molecule is CC(C)c1ccccc1-c1c2ccccc2c(-c2ccccc2C(C)C)c2ccccc12. The van der Waals surface area contributed by atoms with Crippen LogP contribution in [0, 0.1) is 0 Å². The largest absolute Gasteiger partial charge is 0.0619 e. The lowest BCUT2D eigenvalue weighted by molar-refractivity contribution is 0.869. The predicted molar refractivity (Wildman–Crippen MR) is 141 cm³/mol. The highest BCUT2D eigenvalue weighted by atomic mass is 14.2. The average molecular weight is 415 g/mol. The van der Waals surface area contributed by atoms with E-state index in [0.29, 0.717) is 11.8 Å². The van der Waals surface area contributed by atoms with Crippen molar-refractivity contribution in [2.75, 3.05) is 0 Å². The highest BCUT2D eigenvalue weighted by molar-refractivity contribution is 6.21. The van der Waals surface area contributed by atoms with Gasteiger partial charge in [-0.15, -0.1) is 0 Å². The van der Waals surface area contributed by atoms with Crippen molar-refractivity contribution in [1.29, 1.82) is 0 Å². The molecule has 32 heavy (non-hydrogen) atoms. The minimum absolute atomic E-state index is 0.463. The van der Waals surface area contributed by atoms with Gasteiger partial charge in [0, 0.05) is 0 Å². The maximum Gasteiger partial charge on any atom is -0.00235 e. The summed E-state index contributed by atoms with van der Waals surface area (Å²) in [5.41, 5.74) is 8.20. The molecule has 0 saturated carbocycles. The highest BCUT2D eigenvalue weighted by Gasteiger charge is 2.20. The second kappa shape index (κ2) is 8.28. The van der Waals surface area contributed by atoms with E-state index in [2.05, 4.69) is 125 Å². The van der Waals surface area contributed by atoms with Crippen LogP contribution >= 0.6 is 0 Å². The van der Waals surface area contributed by atoms with E-state index in [1.165, 1.54) is 54.9 Å². The van der Waals surface area contributed by atoms with Crippen LogP contribution in [0.25, 0.3) is 43.8 Å². The van der Waals surface area contributed by atoms with Gasteiger partial charge in [-0.1, -0.05) is 125 Å². The summed E-state index contributed by atoms with van der Waals surface area (Å²) in [6, 6.07) is 35.7. The van der Waals surface area contributed by atoms with Crippen molar-refractivity contribution in [1.82, 2.24) is 0 Å². The quantitative estimate of drug-likeness (QED) is 0.257. The molecule has 0 heteroatoms. The lowest BCUT2D eigenvalue weighted by Gasteiger charge is -2.22. The van der Waals surface area contributed by atoms with Gasteiger partial charge in [0.1, 0.15) is 0 Å². The zero-order valence-electron chi connectivity index (χ0n) is 19.4. The predicted octanol–water partition coefficient (Wildman–Crippen LogP) is 9.57. The fourth-order valence-corrected chi connectivity index (χ4v) is 5.17. The molecule has 0 nitrogen and oxygen atoms in total. The third kappa shape index (κ3) is 3.31. The van der Waals surface area contributed by atoms with Gasteiger partial charge >= 0.3 is 0 Å². The van der Waals surface area contributed by atoms with Crippen molar-refractivity contribution >= 4 is 21.5 Å². The van der Waals surface area contributed by atoms with Gasteiger partial charge in [0.25, 0.3) is 0 Å². The Morgan fingerprint density at radius 3 is 0.969 bits per heavy atom.